The molecule has 2 amide bonds. The second-order valence-corrected chi connectivity index (χ2v) is 7.23. The molecule has 164 valence electrons. The maximum atomic E-state index is 12.3. The minimum atomic E-state index is -4.52. The van der Waals surface area contributed by atoms with E-state index in [1.54, 1.807) is 12.3 Å². The summed E-state index contributed by atoms with van der Waals surface area (Å²) in [6, 6.07) is 1.57. The first-order valence-corrected chi connectivity index (χ1v) is 9.01. The zero-order chi connectivity index (χ0) is 22.8. The first kappa shape index (κ1) is 21.9. The number of amides is 2. The molecule has 13 heteroatoms. The quantitative estimate of drug-likeness (QED) is 0.551. The van der Waals surface area contributed by atoms with Crippen molar-refractivity contribution in [2.24, 2.45) is 20.9 Å². The number of carbonyl (C=O) groups is 2. The van der Waals surface area contributed by atoms with Crippen LogP contribution in [0.15, 0.2) is 33.7 Å². The zero-order valence-electron chi connectivity index (χ0n) is 16.5. The molecule has 3 rings (SSSR count). The number of rotatable bonds is 5. The van der Waals surface area contributed by atoms with Gasteiger partial charge in [0, 0.05) is 23.3 Å². The minimum Gasteiger partial charge on any atom is -0.366 e. The third kappa shape index (κ3) is 5.24. The van der Waals surface area contributed by atoms with Crippen LogP contribution in [0.25, 0.3) is 11.0 Å². The Kier molecular flexibility index (Phi) is 5.77. The monoisotopic (exact) mass is 436 g/mol. The maximum Gasteiger partial charge on any atom is 0.405 e. The van der Waals surface area contributed by atoms with Crippen LogP contribution < -0.4 is 16.4 Å². The molecular formula is C18H19F3N8O2. The molecule has 0 atom stereocenters. The highest BCUT2D eigenvalue weighted by Crippen LogP contribution is 2.19. The molecule has 1 aliphatic heterocycles. The molecule has 2 aromatic heterocycles. The Balaban J connectivity index is 1.76. The van der Waals surface area contributed by atoms with Crippen molar-refractivity contribution in [1.29, 1.82) is 0 Å². The van der Waals surface area contributed by atoms with Gasteiger partial charge in [-0.25, -0.2) is 4.98 Å². The molecule has 0 saturated carbocycles. The van der Waals surface area contributed by atoms with E-state index in [1.165, 1.54) is 26.3 Å². The number of halogens is 3. The molecule has 0 unspecified atom stereocenters. The van der Waals surface area contributed by atoms with Crippen LogP contribution in [0.1, 0.15) is 29.8 Å². The number of aliphatic imine (C=N–C) groups is 1. The SMILES string of the molecule is CC(C)(NC1=NCC(c2c[nH]c3ncc(C(N)=O)cc23)=NN=C1)C(=O)NCC(F)(F)F. The van der Waals surface area contributed by atoms with E-state index in [0.29, 0.717) is 22.3 Å². The van der Waals surface area contributed by atoms with Crippen molar-refractivity contribution in [1.82, 2.24) is 20.6 Å². The van der Waals surface area contributed by atoms with E-state index in [2.05, 4.69) is 30.5 Å². The van der Waals surface area contributed by atoms with Crippen LogP contribution in [0.3, 0.4) is 0 Å². The number of nitrogens with two attached hydrogens (primary N) is 1. The molecule has 0 aliphatic carbocycles. The predicted octanol–water partition coefficient (Wildman–Crippen LogP) is 0.895. The van der Waals surface area contributed by atoms with E-state index in [1.807, 2.05) is 5.32 Å². The smallest absolute Gasteiger partial charge is 0.366 e. The summed E-state index contributed by atoms with van der Waals surface area (Å²) in [5.74, 6) is -1.31. The number of carbonyl (C=O) groups excluding carboxylic acids is 2. The van der Waals surface area contributed by atoms with E-state index in [-0.39, 0.29) is 17.9 Å². The molecule has 3 heterocycles. The molecule has 0 aromatic carbocycles. The number of nitrogens with one attached hydrogen (secondary N) is 3. The first-order chi connectivity index (χ1) is 14.5. The number of aromatic nitrogens is 2. The molecule has 0 spiro atoms. The average Bonchev–Trinajstić information content (AvgIpc) is 2.97. The molecule has 2 aromatic rings. The summed E-state index contributed by atoms with van der Waals surface area (Å²) in [7, 11) is 0. The molecule has 5 N–H and O–H groups in total. The van der Waals surface area contributed by atoms with Gasteiger partial charge in [0.15, 0.2) is 0 Å². The molecule has 1 aliphatic rings. The number of alkyl halides is 3. The second kappa shape index (κ2) is 8.16. The van der Waals surface area contributed by atoms with Gasteiger partial charge in [0.25, 0.3) is 0 Å². The van der Waals surface area contributed by atoms with Gasteiger partial charge < -0.3 is 21.4 Å². The van der Waals surface area contributed by atoms with Gasteiger partial charge in [-0.1, -0.05) is 0 Å². The van der Waals surface area contributed by atoms with Gasteiger partial charge in [-0.05, 0) is 19.9 Å². The van der Waals surface area contributed by atoms with Crippen LogP contribution in [-0.4, -0.2) is 64.3 Å². The number of hydrogen-bond donors (Lipinski definition) is 4. The molecule has 0 fully saturated rings. The van der Waals surface area contributed by atoms with E-state index >= 15 is 0 Å². The number of amidine groups is 1. The van der Waals surface area contributed by atoms with Gasteiger partial charge in [0.05, 0.1) is 24.0 Å². The Bertz CT molecular complexity index is 1110. The summed E-state index contributed by atoms with van der Waals surface area (Å²) in [6.07, 6.45) is -0.268. The van der Waals surface area contributed by atoms with Crippen LogP contribution in [0, 0.1) is 0 Å². The normalized spacial score (nSPS) is 14.6. The highest BCUT2D eigenvalue weighted by Gasteiger charge is 2.33. The van der Waals surface area contributed by atoms with Crippen molar-refractivity contribution in [3.05, 3.63) is 29.6 Å². The van der Waals surface area contributed by atoms with Crippen molar-refractivity contribution < 1.29 is 22.8 Å². The molecule has 0 bridgehead atoms. The number of fused-ring (bicyclic) bond motifs is 1. The summed E-state index contributed by atoms with van der Waals surface area (Å²) in [5, 5.41) is 13.2. The van der Waals surface area contributed by atoms with Crippen LogP contribution in [-0.2, 0) is 4.79 Å². The lowest BCUT2D eigenvalue weighted by atomic mass is 10.0. The lowest BCUT2D eigenvalue weighted by Crippen LogP contribution is -2.56. The van der Waals surface area contributed by atoms with Gasteiger partial charge in [-0.15, -0.1) is 0 Å². The van der Waals surface area contributed by atoms with Gasteiger partial charge in [-0.2, -0.15) is 23.4 Å². The topological polar surface area (TPSA) is 150 Å². The Hall–Kier alpha value is -3.77. The Morgan fingerprint density at radius 1 is 1.29 bits per heavy atom. The summed E-state index contributed by atoms with van der Waals surface area (Å²) in [4.78, 5) is 34.9. The Morgan fingerprint density at radius 3 is 2.71 bits per heavy atom. The van der Waals surface area contributed by atoms with Gasteiger partial charge in [0.2, 0.25) is 11.8 Å². The van der Waals surface area contributed by atoms with Crippen molar-refractivity contribution in [2.75, 3.05) is 13.1 Å². The number of nitrogens with zero attached hydrogens (tertiary/aromatic N) is 4. The fourth-order valence-corrected chi connectivity index (χ4v) is 2.75. The number of primary amides is 1. The number of H-pyrrole nitrogens is 1. The summed E-state index contributed by atoms with van der Waals surface area (Å²) in [6.45, 7) is 1.44. The molecule has 0 saturated heterocycles. The average molecular weight is 436 g/mol. The maximum absolute atomic E-state index is 12.3. The first-order valence-electron chi connectivity index (χ1n) is 9.01. The summed E-state index contributed by atoms with van der Waals surface area (Å²) in [5.41, 5.74) is 5.71. The number of pyridine rings is 1. The third-order valence-corrected chi connectivity index (χ3v) is 4.34. The van der Waals surface area contributed by atoms with Crippen LogP contribution in [0.2, 0.25) is 0 Å². The second-order valence-electron chi connectivity index (χ2n) is 7.23. The van der Waals surface area contributed by atoms with E-state index in [0.717, 1.165) is 0 Å². The summed E-state index contributed by atoms with van der Waals surface area (Å²) < 4.78 is 37.0. The summed E-state index contributed by atoms with van der Waals surface area (Å²) >= 11 is 0. The number of aromatic amines is 1. The highest BCUT2D eigenvalue weighted by atomic mass is 19.4. The van der Waals surface area contributed by atoms with E-state index in [4.69, 9.17) is 5.73 Å². The predicted molar refractivity (Wildman–Crippen MR) is 108 cm³/mol. The van der Waals surface area contributed by atoms with Crippen molar-refractivity contribution in [3.63, 3.8) is 0 Å². The Morgan fingerprint density at radius 2 is 2.03 bits per heavy atom. The van der Waals surface area contributed by atoms with E-state index < -0.39 is 30.1 Å². The van der Waals surface area contributed by atoms with Crippen molar-refractivity contribution in [2.45, 2.75) is 25.6 Å². The number of hydrogen-bond acceptors (Lipinski definition) is 7. The van der Waals surface area contributed by atoms with Gasteiger partial charge in [-0.3, -0.25) is 14.6 Å². The van der Waals surface area contributed by atoms with Crippen molar-refractivity contribution in [3.8, 4) is 0 Å². The highest BCUT2D eigenvalue weighted by molar-refractivity contribution is 6.31. The Labute approximate surface area is 173 Å². The van der Waals surface area contributed by atoms with E-state index in [9.17, 15) is 22.8 Å². The minimum absolute atomic E-state index is 0.0519. The lowest BCUT2D eigenvalue weighted by molar-refractivity contribution is -0.141. The van der Waals surface area contributed by atoms with Crippen molar-refractivity contribution >= 4 is 40.6 Å². The lowest BCUT2D eigenvalue weighted by Gasteiger charge is -2.26. The third-order valence-electron chi connectivity index (χ3n) is 4.34. The molecule has 10 nitrogen and oxygen atoms in total. The largest absolute Gasteiger partial charge is 0.405 e. The van der Waals surface area contributed by atoms with Crippen LogP contribution in [0.5, 0.6) is 0 Å². The zero-order valence-corrected chi connectivity index (χ0v) is 16.5. The molecular weight excluding hydrogens is 417 g/mol. The van der Waals surface area contributed by atoms with Crippen LogP contribution in [0.4, 0.5) is 13.2 Å². The molecule has 0 radical (unpaired) electrons. The van der Waals surface area contributed by atoms with Gasteiger partial charge >= 0.3 is 6.18 Å². The standard InChI is InChI=1S/C18H19F3N8O2/c1-17(2,16(31)26-8-18(19,20)21)28-13-7-27-29-12(6-23-13)11-5-25-15-10(11)3-9(4-24-15)14(22)30/h3-5,7H,6,8H2,1-2H3,(H2,22,30)(H,23,28)(H,24,25)(H,26,31). The fourth-order valence-electron chi connectivity index (χ4n) is 2.75. The van der Waals surface area contributed by atoms with Crippen LogP contribution >= 0.6 is 0 Å². The van der Waals surface area contributed by atoms with Gasteiger partial charge in [0.1, 0.15) is 23.6 Å². The molecule has 31 heavy (non-hydrogen) atoms. The fraction of sp³-hybridized carbons (Fsp3) is 0.333.